The monoisotopic (exact) mass is 384 g/mol. The van der Waals surface area contributed by atoms with Crippen molar-refractivity contribution in [3.05, 3.63) is 64.2 Å². The Kier molecular flexibility index (Phi) is 7.72. The van der Waals surface area contributed by atoms with Gasteiger partial charge in [-0.2, -0.15) is 5.26 Å². The van der Waals surface area contributed by atoms with Crippen LogP contribution in [0.25, 0.3) is 6.08 Å². The summed E-state index contributed by atoms with van der Waals surface area (Å²) in [7, 11) is 1.53. The van der Waals surface area contributed by atoms with Gasteiger partial charge < -0.3 is 14.8 Å². The smallest absolute Gasteiger partial charge is 0.261 e. The van der Waals surface area contributed by atoms with Gasteiger partial charge in [0.1, 0.15) is 18.2 Å². The summed E-state index contributed by atoms with van der Waals surface area (Å²) in [5.74, 6) is 0.655. The van der Waals surface area contributed by atoms with Crippen LogP contribution in [0.1, 0.15) is 24.5 Å². The maximum atomic E-state index is 12.0. The normalized spacial score (nSPS) is 10.8. The molecular weight excluding hydrogens is 364 g/mol. The fourth-order valence-electron chi connectivity index (χ4n) is 2.31. The third-order valence-electron chi connectivity index (χ3n) is 3.74. The minimum Gasteiger partial charge on any atom is -0.493 e. The SMILES string of the molecule is CCCNC(=O)/C(C#N)=C\c1ccc(OCc2ccccc2Cl)c(OC)c1. The Morgan fingerprint density at radius 1 is 1.26 bits per heavy atom. The van der Waals surface area contributed by atoms with E-state index in [0.29, 0.717) is 35.2 Å². The molecule has 2 rings (SSSR count). The van der Waals surface area contributed by atoms with E-state index in [1.165, 1.54) is 13.2 Å². The topological polar surface area (TPSA) is 71.4 Å². The van der Waals surface area contributed by atoms with Crippen molar-refractivity contribution in [2.24, 2.45) is 0 Å². The highest BCUT2D eigenvalue weighted by Gasteiger charge is 2.10. The Morgan fingerprint density at radius 3 is 2.70 bits per heavy atom. The lowest BCUT2D eigenvalue weighted by Crippen LogP contribution is -2.25. The number of rotatable bonds is 8. The summed E-state index contributed by atoms with van der Waals surface area (Å²) in [6, 6.07) is 14.6. The second-order valence-corrected chi connectivity index (χ2v) is 6.12. The first-order valence-electron chi connectivity index (χ1n) is 8.53. The first kappa shape index (κ1) is 20.3. The van der Waals surface area contributed by atoms with Gasteiger partial charge in [0, 0.05) is 17.1 Å². The van der Waals surface area contributed by atoms with Crippen LogP contribution in [0.15, 0.2) is 48.0 Å². The van der Waals surface area contributed by atoms with Crippen LogP contribution in [0.5, 0.6) is 11.5 Å². The number of amides is 1. The number of carbonyl (C=O) groups is 1. The lowest BCUT2D eigenvalue weighted by molar-refractivity contribution is -0.117. The first-order chi connectivity index (χ1) is 13.1. The second-order valence-electron chi connectivity index (χ2n) is 5.72. The number of halogens is 1. The fourth-order valence-corrected chi connectivity index (χ4v) is 2.50. The molecule has 1 amide bonds. The number of hydrogen-bond donors (Lipinski definition) is 1. The zero-order valence-electron chi connectivity index (χ0n) is 15.3. The van der Waals surface area contributed by atoms with E-state index >= 15 is 0 Å². The number of methoxy groups -OCH3 is 1. The molecule has 0 aliphatic carbocycles. The summed E-state index contributed by atoms with van der Waals surface area (Å²) < 4.78 is 11.2. The first-order valence-corrected chi connectivity index (χ1v) is 8.91. The molecule has 0 unspecified atom stereocenters. The van der Waals surface area contributed by atoms with Crippen molar-refractivity contribution in [1.29, 1.82) is 5.26 Å². The maximum Gasteiger partial charge on any atom is 0.261 e. The average molecular weight is 385 g/mol. The molecule has 0 aromatic heterocycles. The molecule has 6 heteroatoms. The molecule has 5 nitrogen and oxygen atoms in total. The second kappa shape index (κ2) is 10.2. The molecule has 2 aromatic rings. The van der Waals surface area contributed by atoms with Crippen LogP contribution in [0, 0.1) is 11.3 Å². The molecule has 1 N–H and O–H groups in total. The van der Waals surface area contributed by atoms with E-state index in [-0.39, 0.29) is 5.57 Å². The zero-order valence-corrected chi connectivity index (χ0v) is 16.0. The van der Waals surface area contributed by atoms with Gasteiger partial charge in [0.2, 0.25) is 0 Å². The predicted octanol–water partition coefficient (Wildman–Crippen LogP) is 4.36. The number of nitrogens with zero attached hydrogens (tertiary/aromatic N) is 1. The van der Waals surface area contributed by atoms with Crippen LogP contribution in [0.3, 0.4) is 0 Å². The number of nitriles is 1. The van der Waals surface area contributed by atoms with Crippen molar-refractivity contribution in [3.8, 4) is 17.6 Å². The number of hydrogen-bond acceptors (Lipinski definition) is 4. The Morgan fingerprint density at radius 2 is 2.04 bits per heavy atom. The van der Waals surface area contributed by atoms with Crippen molar-refractivity contribution >= 4 is 23.6 Å². The molecule has 0 aliphatic rings. The van der Waals surface area contributed by atoms with E-state index in [1.807, 2.05) is 31.2 Å². The lowest BCUT2D eigenvalue weighted by atomic mass is 10.1. The van der Waals surface area contributed by atoms with Gasteiger partial charge in [-0.1, -0.05) is 42.8 Å². The van der Waals surface area contributed by atoms with E-state index in [2.05, 4.69) is 5.32 Å². The molecular formula is C21H21ClN2O3. The molecule has 0 spiro atoms. The molecule has 0 fully saturated rings. The molecule has 0 heterocycles. The van der Waals surface area contributed by atoms with Crippen molar-refractivity contribution in [2.75, 3.05) is 13.7 Å². The number of ether oxygens (including phenoxy) is 2. The van der Waals surface area contributed by atoms with Crippen molar-refractivity contribution in [3.63, 3.8) is 0 Å². The van der Waals surface area contributed by atoms with Gasteiger partial charge in [-0.15, -0.1) is 0 Å². The Balaban J connectivity index is 2.17. The van der Waals surface area contributed by atoms with E-state index in [0.717, 1.165) is 12.0 Å². The quantitative estimate of drug-likeness (QED) is 0.542. The third-order valence-corrected chi connectivity index (χ3v) is 4.11. The van der Waals surface area contributed by atoms with E-state index in [9.17, 15) is 10.1 Å². The molecule has 0 saturated carbocycles. The van der Waals surface area contributed by atoms with Gasteiger partial charge in [-0.3, -0.25) is 4.79 Å². The molecule has 0 bridgehead atoms. The van der Waals surface area contributed by atoms with Crippen LogP contribution in [-0.2, 0) is 11.4 Å². The molecule has 140 valence electrons. The van der Waals surface area contributed by atoms with Crippen LogP contribution in [0.2, 0.25) is 5.02 Å². The summed E-state index contributed by atoms with van der Waals surface area (Å²) in [4.78, 5) is 12.0. The predicted molar refractivity (Wildman–Crippen MR) is 106 cm³/mol. The lowest BCUT2D eigenvalue weighted by Gasteiger charge is -2.12. The maximum absolute atomic E-state index is 12.0. The molecule has 27 heavy (non-hydrogen) atoms. The molecule has 0 saturated heterocycles. The van der Waals surface area contributed by atoms with Crippen LogP contribution >= 0.6 is 11.6 Å². The largest absolute Gasteiger partial charge is 0.493 e. The zero-order chi connectivity index (χ0) is 19.6. The summed E-state index contributed by atoms with van der Waals surface area (Å²) in [6.45, 7) is 2.77. The fraction of sp³-hybridized carbons (Fsp3) is 0.238. The summed E-state index contributed by atoms with van der Waals surface area (Å²) >= 11 is 6.14. The van der Waals surface area contributed by atoms with Gasteiger partial charge in [0.15, 0.2) is 11.5 Å². The van der Waals surface area contributed by atoms with Gasteiger partial charge in [0.25, 0.3) is 5.91 Å². The summed E-state index contributed by atoms with van der Waals surface area (Å²) in [6.07, 6.45) is 2.32. The van der Waals surface area contributed by atoms with Gasteiger partial charge in [-0.05, 0) is 36.3 Å². The Hall–Kier alpha value is -2.97. The minimum atomic E-state index is -0.391. The third kappa shape index (κ3) is 5.77. The van der Waals surface area contributed by atoms with Crippen molar-refractivity contribution in [1.82, 2.24) is 5.32 Å². The molecule has 2 aromatic carbocycles. The standard InChI is InChI=1S/C21H21ClN2O3/c1-3-10-24-21(25)17(13-23)11-15-8-9-19(20(12-15)26-2)27-14-16-6-4-5-7-18(16)22/h4-9,11-12H,3,10,14H2,1-2H3,(H,24,25)/b17-11-. The average Bonchev–Trinajstić information content (AvgIpc) is 2.69. The van der Waals surface area contributed by atoms with E-state index < -0.39 is 5.91 Å². The number of benzene rings is 2. The van der Waals surface area contributed by atoms with Gasteiger partial charge in [0.05, 0.1) is 7.11 Å². The van der Waals surface area contributed by atoms with E-state index in [4.69, 9.17) is 21.1 Å². The van der Waals surface area contributed by atoms with Crippen LogP contribution in [-0.4, -0.2) is 19.6 Å². The summed E-state index contributed by atoms with van der Waals surface area (Å²) in [5, 5.41) is 12.5. The van der Waals surface area contributed by atoms with Gasteiger partial charge >= 0.3 is 0 Å². The highest BCUT2D eigenvalue weighted by Crippen LogP contribution is 2.30. The Labute approximate surface area is 164 Å². The highest BCUT2D eigenvalue weighted by atomic mass is 35.5. The van der Waals surface area contributed by atoms with E-state index in [1.54, 1.807) is 24.3 Å². The van der Waals surface area contributed by atoms with Crippen LogP contribution in [0.4, 0.5) is 0 Å². The highest BCUT2D eigenvalue weighted by molar-refractivity contribution is 6.31. The summed E-state index contributed by atoms with van der Waals surface area (Å²) in [5.41, 5.74) is 1.57. The molecule has 0 atom stereocenters. The Bertz CT molecular complexity index is 872. The molecule has 0 radical (unpaired) electrons. The minimum absolute atomic E-state index is 0.0373. The van der Waals surface area contributed by atoms with Crippen molar-refractivity contribution in [2.45, 2.75) is 20.0 Å². The van der Waals surface area contributed by atoms with Crippen molar-refractivity contribution < 1.29 is 14.3 Å². The number of nitrogens with one attached hydrogen (secondary N) is 1. The van der Waals surface area contributed by atoms with Gasteiger partial charge in [-0.25, -0.2) is 0 Å². The molecule has 0 aliphatic heterocycles. The van der Waals surface area contributed by atoms with Crippen LogP contribution < -0.4 is 14.8 Å². The number of carbonyl (C=O) groups excluding carboxylic acids is 1.